The van der Waals surface area contributed by atoms with E-state index in [0.29, 0.717) is 5.92 Å². The topological polar surface area (TPSA) is 59.1 Å². The van der Waals surface area contributed by atoms with Gasteiger partial charge in [-0.2, -0.15) is 0 Å². The molecule has 1 aromatic carbocycles. The molecule has 0 radical (unpaired) electrons. The number of rotatable bonds is 5. The van der Waals surface area contributed by atoms with Crippen molar-refractivity contribution in [3.05, 3.63) is 34.6 Å². The van der Waals surface area contributed by atoms with Crippen LogP contribution in [0.1, 0.15) is 24.6 Å². The van der Waals surface area contributed by atoms with Crippen molar-refractivity contribution in [3.8, 4) is 5.75 Å². The second-order valence-electron chi connectivity index (χ2n) is 4.99. The molecule has 21 heavy (non-hydrogen) atoms. The highest BCUT2D eigenvalue weighted by molar-refractivity contribution is 9.10. The van der Waals surface area contributed by atoms with Crippen molar-refractivity contribution in [2.45, 2.75) is 18.8 Å². The van der Waals surface area contributed by atoms with Gasteiger partial charge >= 0.3 is 0 Å². The molecule has 1 saturated carbocycles. The number of nitrogens with one attached hydrogen (secondary N) is 2. The Balaban J connectivity index is 1.91. The predicted molar refractivity (Wildman–Crippen MR) is 87.5 cm³/mol. The van der Waals surface area contributed by atoms with Crippen LogP contribution in [0.25, 0.3) is 0 Å². The Bertz CT molecular complexity index is 658. The molecule has 6 heteroatoms. The lowest BCUT2D eigenvalue weighted by atomic mass is 10.3. The number of anilines is 3. The van der Waals surface area contributed by atoms with E-state index in [-0.39, 0.29) is 0 Å². The molecule has 110 valence electrons. The number of nitrogens with zero attached hydrogens (tertiary/aromatic N) is 2. The zero-order valence-electron chi connectivity index (χ0n) is 12.0. The second-order valence-corrected chi connectivity index (χ2v) is 5.85. The van der Waals surface area contributed by atoms with Gasteiger partial charge in [-0.25, -0.2) is 9.97 Å². The lowest BCUT2D eigenvalue weighted by molar-refractivity contribution is 0.415. The fourth-order valence-electron chi connectivity index (χ4n) is 2.05. The summed E-state index contributed by atoms with van der Waals surface area (Å²) < 4.78 is 6.22. The third-order valence-corrected chi connectivity index (χ3v) is 4.07. The maximum absolute atomic E-state index is 5.26. The van der Waals surface area contributed by atoms with Gasteiger partial charge in [0.1, 0.15) is 23.2 Å². The van der Waals surface area contributed by atoms with Crippen molar-refractivity contribution in [1.82, 2.24) is 9.97 Å². The molecule has 1 fully saturated rings. The van der Waals surface area contributed by atoms with E-state index in [1.165, 1.54) is 12.8 Å². The average Bonchev–Trinajstić information content (AvgIpc) is 3.34. The van der Waals surface area contributed by atoms with Crippen molar-refractivity contribution in [2.24, 2.45) is 0 Å². The SMILES string of the molecule is CNc1cc(Nc2cc(OC)ccc2Br)nc(C2CC2)n1. The van der Waals surface area contributed by atoms with Crippen molar-refractivity contribution in [3.63, 3.8) is 0 Å². The van der Waals surface area contributed by atoms with Gasteiger partial charge in [0.2, 0.25) is 0 Å². The van der Waals surface area contributed by atoms with E-state index in [9.17, 15) is 0 Å². The number of halogens is 1. The molecule has 1 aromatic heterocycles. The van der Waals surface area contributed by atoms with E-state index in [0.717, 1.165) is 33.4 Å². The molecule has 1 heterocycles. The van der Waals surface area contributed by atoms with Gasteiger partial charge in [0.25, 0.3) is 0 Å². The first kappa shape index (κ1) is 14.1. The third-order valence-electron chi connectivity index (χ3n) is 3.38. The lowest BCUT2D eigenvalue weighted by Gasteiger charge is -2.12. The molecular formula is C15H17BrN4O. The number of hydrogen-bond donors (Lipinski definition) is 2. The Morgan fingerprint density at radius 2 is 1.95 bits per heavy atom. The minimum Gasteiger partial charge on any atom is -0.497 e. The van der Waals surface area contributed by atoms with Gasteiger partial charge in [-0.05, 0) is 40.9 Å². The molecule has 1 aliphatic rings. The van der Waals surface area contributed by atoms with Crippen molar-refractivity contribution in [2.75, 3.05) is 24.8 Å². The summed E-state index contributed by atoms with van der Waals surface area (Å²) in [5.74, 6) is 3.82. The molecule has 0 aliphatic heterocycles. The van der Waals surface area contributed by atoms with E-state index >= 15 is 0 Å². The first-order valence-corrected chi connectivity index (χ1v) is 7.66. The van der Waals surface area contributed by atoms with Gasteiger partial charge in [0.15, 0.2) is 0 Å². The molecule has 2 N–H and O–H groups in total. The summed E-state index contributed by atoms with van der Waals surface area (Å²) in [6.45, 7) is 0. The van der Waals surface area contributed by atoms with Crippen LogP contribution in [-0.2, 0) is 0 Å². The molecule has 1 aliphatic carbocycles. The highest BCUT2D eigenvalue weighted by atomic mass is 79.9. The van der Waals surface area contributed by atoms with Crippen molar-refractivity contribution >= 4 is 33.3 Å². The normalized spacial score (nSPS) is 13.9. The number of ether oxygens (including phenoxy) is 1. The molecule has 0 atom stereocenters. The summed E-state index contributed by atoms with van der Waals surface area (Å²) in [7, 11) is 3.52. The van der Waals surface area contributed by atoms with Crippen LogP contribution in [0.15, 0.2) is 28.7 Å². The standard InChI is InChI=1S/C15H17BrN4O/c1-17-13-8-14(20-15(19-13)9-3-4-9)18-12-7-10(21-2)5-6-11(12)16/h5-9H,3-4H2,1-2H3,(H2,17,18,19,20). The molecule has 2 aromatic rings. The predicted octanol–water partition coefficient (Wildman–Crippen LogP) is 3.91. The molecule has 5 nitrogen and oxygen atoms in total. The molecule has 0 amide bonds. The summed E-state index contributed by atoms with van der Waals surface area (Å²) >= 11 is 3.54. The summed E-state index contributed by atoms with van der Waals surface area (Å²) in [5.41, 5.74) is 0.914. The van der Waals surface area contributed by atoms with E-state index in [2.05, 4.69) is 36.5 Å². The summed E-state index contributed by atoms with van der Waals surface area (Å²) in [5, 5.41) is 6.41. The van der Waals surface area contributed by atoms with Crippen LogP contribution in [-0.4, -0.2) is 24.1 Å². The fraction of sp³-hybridized carbons (Fsp3) is 0.333. The van der Waals surface area contributed by atoms with Crippen LogP contribution >= 0.6 is 15.9 Å². The largest absolute Gasteiger partial charge is 0.497 e. The average molecular weight is 349 g/mol. The zero-order valence-corrected chi connectivity index (χ0v) is 13.6. The quantitative estimate of drug-likeness (QED) is 0.857. The van der Waals surface area contributed by atoms with Crippen molar-refractivity contribution < 1.29 is 4.74 Å². The van der Waals surface area contributed by atoms with E-state index < -0.39 is 0 Å². The Morgan fingerprint density at radius 1 is 1.19 bits per heavy atom. The molecule has 3 rings (SSSR count). The summed E-state index contributed by atoms with van der Waals surface area (Å²) in [6.07, 6.45) is 2.35. The Hall–Kier alpha value is -1.82. The third kappa shape index (κ3) is 3.26. The summed E-state index contributed by atoms with van der Waals surface area (Å²) in [4.78, 5) is 9.12. The number of benzene rings is 1. The molecule has 0 spiro atoms. The molecule has 0 bridgehead atoms. The van der Waals surface area contributed by atoms with Crippen LogP contribution in [0, 0.1) is 0 Å². The van der Waals surface area contributed by atoms with E-state index in [1.54, 1.807) is 7.11 Å². The fourth-order valence-corrected chi connectivity index (χ4v) is 2.39. The van der Waals surface area contributed by atoms with Gasteiger partial charge < -0.3 is 15.4 Å². The minimum absolute atomic E-state index is 0.507. The van der Waals surface area contributed by atoms with Crippen LogP contribution in [0.2, 0.25) is 0 Å². The smallest absolute Gasteiger partial charge is 0.136 e. The lowest BCUT2D eigenvalue weighted by Crippen LogP contribution is -2.03. The van der Waals surface area contributed by atoms with Crippen LogP contribution in [0.3, 0.4) is 0 Å². The van der Waals surface area contributed by atoms with E-state index in [1.807, 2.05) is 31.3 Å². The van der Waals surface area contributed by atoms with Gasteiger partial charge in [-0.1, -0.05) is 0 Å². The van der Waals surface area contributed by atoms with Crippen molar-refractivity contribution in [1.29, 1.82) is 0 Å². The maximum atomic E-state index is 5.26. The van der Waals surface area contributed by atoms with E-state index in [4.69, 9.17) is 4.74 Å². The van der Waals surface area contributed by atoms with Gasteiger partial charge in [-0.3, -0.25) is 0 Å². The van der Waals surface area contributed by atoms with Crippen LogP contribution in [0.4, 0.5) is 17.3 Å². The first-order valence-electron chi connectivity index (χ1n) is 6.87. The van der Waals surface area contributed by atoms with Crippen LogP contribution in [0.5, 0.6) is 5.75 Å². The molecule has 0 unspecified atom stereocenters. The summed E-state index contributed by atoms with van der Waals surface area (Å²) in [6, 6.07) is 7.69. The van der Waals surface area contributed by atoms with Gasteiger partial charge in [0.05, 0.1) is 12.8 Å². The monoisotopic (exact) mass is 348 g/mol. The number of methoxy groups -OCH3 is 1. The second kappa shape index (κ2) is 5.89. The highest BCUT2D eigenvalue weighted by Gasteiger charge is 2.27. The minimum atomic E-state index is 0.507. The highest BCUT2D eigenvalue weighted by Crippen LogP contribution is 2.39. The zero-order chi connectivity index (χ0) is 14.8. The van der Waals surface area contributed by atoms with Gasteiger partial charge in [-0.15, -0.1) is 0 Å². The molecular weight excluding hydrogens is 332 g/mol. The van der Waals surface area contributed by atoms with Crippen LogP contribution < -0.4 is 15.4 Å². The number of hydrogen-bond acceptors (Lipinski definition) is 5. The number of aromatic nitrogens is 2. The maximum Gasteiger partial charge on any atom is 0.136 e. The van der Waals surface area contributed by atoms with Gasteiger partial charge in [0, 0.05) is 29.6 Å². The Morgan fingerprint density at radius 3 is 2.62 bits per heavy atom. The first-order chi connectivity index (χ1) is 10.2. The molecule has 0 saturated heterocycles. The Kier molecular flexibility index (Phi) is 3.96. The Labute approximate surface area is 132 Å².